The highest BCUT2D eigenvalue weighted by Gasteiger charge is 2.38. The van der Waals surface area contributed by atoms with Crippen LogP contribution >= 0.6 is 11.6 Å². The summed E-state index contributed by atoms with van der Waals surface area (Å²) in [6.07, 6.45) is -0.635. The van der Waals surface area contributed by atoms with E-state index in [0.717, 1.165) is 16.9 Å². The number of benzene rings is 3. The van der Waals surface area contributed by atoms with Crippen molar-refractivity contribution in [2.75, 3.05) is 10.9 Å². The van der Waals surface area contributed by atoms with Crippen molar-refractivity contribution in [2.24, 2.45) is 10.2 Å². The Hall–Kier alpha value is -3.64. The highest BCUT2D eigenvalue weighted by molar-refractivity contribution is 6.70. The molecule has 0 aliphatic carbocycles. The Bertz CT molecular complexity index is 1070. The summed E-state index contributed by atoms with van der Waals surface area (Å²) in [7, 11) is 0. The second-order valence-electron chi connectivity index (χ2n) is 6.26. The molecule has 4 rings (SSSR count). The Balaban J connectivity index is 1.70. The van der Waals surface area contributed by atoms with E-state index in [1.165, 1.54) is 0 Å². The van der Waals surface area contributed by atoms with Crippen LogP contribution in [0.15, 0.2) is 95.1 Å². The minimum absolute atomic E-state index is 0.0769. The van der Waals surface area contributed by atoms with Crippen LogP contribution in [0.3, 0.4) is 0 Å². The molecule has 1 atom stereocenters. The van der Waals surface area contributed by atoms with Crippen LogP contribution in [0.25, 0.3) is 0 Å². The van der Waals surface area contributed by atoms with Gasteiger partial charge in [0, 0.05) is 10.6 Å². The second kappa shape index (κ2) is 8.58. The number of nitrogens with one attached hydrogen (secondary N) is 3. The van der Waals surface area contributed by atoms with Gasteiger partial charge in [-0.3, -0.25) is 16.3 Å². The van der Waals surface area contributed by atoms with Gasteiger partial charge in [0.1, 0.15) is 5.71 Å². The molecule has 1 aliphatic rings. The van der Waals surface area contributed by atoms with Gasteiger partial charge in [-0.05, 0) is 30.3 Å². The molecule has 1 heterocycles. The molecule has 3 aromatic carbocycles. The number of hydrogen-bond acceptors (Lipinski definition) is 6. The molecule has 0 bridgehead atoms. The third-order valence-corrected chi connectivity index (χ3v) is 4.62. The number of ether oxygens (including phenoxy) is 1. The Kier molecular flexibility index (Phi) is 5.54. The summed E-state index contributed by atoms with van der Waals surface area (Å²) in [5.74, 6) is -0.0769. The molecule has 0 unspecified atom stereocenters. The van der Waals surface area contributed by atoms with Crippen molar-refractivity contribution in [2.45, 2.75) is 6.10 Å². The first-order valence-corrected chi connectivity index (χ1v) is 9.38. The maximum Gasteiger partial charge on any atom is 0.237 e. The summed E-state index contributed by atoms with van der Waals surface area (Å²) in [5.41, 5.74) is 9.07. The van der Waals surface area contributed by atoms with Crippen LogP contribution in [0.4, 0.5) is 11.4 Å². The van der Waals surface area contributed by atoms with Crippen molar-refractivity contribution in [1.82, 2.24) is 0 Å². The van der Waals surface area contributed by atoms with E-state index in [0.29, 0.717) is 16.4 Å². The minimum atomic E-state index is -0.635. The Morgan fingerprint density at radius 2 is 1.31 bits per heavy atom. The highest BCUT2D eigenvalue weighted by atomic mass is 35.5. The van der Waals surface area contributed by atoms with Gasteiger partial charge >= 0.3 is 0 Å². The van der Waals surface area contributed by atoms with Gasteiger partial charge in [0.2, 0.25) is 5.90 Å². The van der Waals surface area contributed by atoms with Crippen molar-refractivity contribution < 1.29 is 4.74 Å². The lowest BCUT2D eigenvalue weighted by atomic mass is 10.0. The molecule has 144 valence electrons. The van der Waals surface area contributed by atoms with E-state index in [-0.39, 0.29) is 5.90 Å². The van der Waals surface area contributed by atoms with E-state index in [4.69, 9.17) is 21.7 Å². The monoisotopic (exact) mass is 403 g/mol. The maximum atomic E-state index is 8.29. The van der Waals surface area contributed by atoms with Crippen LogP contribution in [0.1, 0.15) is 11.7 Å². The maximum absolute atomic E-state index is 8.29. The lowest BCUT2D eigenvalue weighted by Gasteiger charge is -2.12. The second-order valence-corrected chi connectivity index (χ2v) is 6.67. The van der Waals surface area contributed by atoms with E-state index < -0.39 is 6.10 Å². The number of hydrogen-bond donors (Lipinski definition) is 3. The van der Waals surface area contributed by atoms with Crippen molar-refractivity contribution in [3.05, 3.63) is 95.5 Å². The van der Waals surface area contributed by atoms with Crippen LogP contribution in [0.2, 0.25) is 5.02 Å². The lowest BCUT2D eigenvalue weighted by Crippen LogP contribution is -2.19. The first-order chi connectivity index (χ1) is 14.2. The van der Waals surface area contributed by atoms with Crippen molar-refractivity contribution in [3.8, 4) is 0 Å². The minimum Gasteiger partial charge on any atom is -0.461 e. The average molecular weight is 404 g/mol. The number of anilines is 2. The topological polar surface area (TPSA) is 81.9 Å². The van der Waals surface area contributed by atoms with E-state index in [1.807, 2.05) is 78.9 Å². The predicted molar refractivity (Wildman–Crippen MR) is 118 cm³/mol. The quantitative estimate of drug-likeness (QED) is 0.504. The van der Waals surface area contributed by atoms with Gasteiger partial charge in [-0.1, -0.05) is 66.2 Å². The number of nitrogens with zero attached hydrogens (tertiary/aromatic N) is 2. The lowest BCUT2D eigenvalue weighted by molar-refractivity contribution is 0.275. The molecule has 7 heteroatoms. The van der Waals surface area contributed by atoms with Gasteiger partial charge < -0.3 is 4.74 Å². The van der Waals surface area contributed by atoms with Crippen LogP contribution < -0.4 is 10.9 Å². The molecular formula is C22H18ClN5O. The van der Waals surface area contributed by atoms with Crippen molar-refractivity contribution in [3.63, 3.8) is 0 Å². The van der Waals surface area contributed by atoms with Crippen LogP contribution in [0, 0.1) is 5.41 Å². The standard InChI is InChI=1S/C22H18ClN5O/c23-18-14-8-7-13-17(18)21-19(27-25-15-9-3-1-4-10-15)20(22(24)29-21)28-26-16-11-5-2-6-12-16/h1-14,21,24-26H/b24-22?,27-19?,28-20+/t21-/m1/s1. The summed E-state index contributed by atoms with van der Waals surface area (Å²) < 4.78 is 5.79. The van der Waals surface area contributed by atoms with Gasteiger partial charge in [-0.2, -0.15) is 10.2 Å². The van der Waals surface area contributed by atoms with Gasteiger partial charge in [-0.25, -0.2) is 0 Å². The van der Waals surface area contributed by atoms with E-state index in [9.17, 15) is 0 Å². The summed E-state index contributed by atoms with van der Waals surface area (Å²) in [6.45, 7) is 0. The normalized spacial score (nSPS) is 18.7. The molecule has 0 spiro atoms. The number of rotatable bonds is 5. The largest absolute Gasteiger partial charge is 0.461 e. The van der Waals surface area contributed by atoms with Crippen LogP contribution in [-0.2, 0) is 4.74 Å². The Morgan fingerprint density at radius 1 is 0.759 bits per heavy atom. The first-order valence-electron chi connectivity index (χ1n) is 9.00. The molecule has 0 aromatic heterocycles. The average Bonchev–Trinajstić information content (AvgIpc) is 3.07. The van der Waals surface area contributed by atoms with E-state index >= 15 is 0 Å². The third-order valence-electron chi connectivity index (χ3n) is 4.28. The number of halogens is 1. The Morgan fingerprint density at radius 3 is 1.93 bits per heavy atom. The molecule has 0 radical (unpaired) electrons. The van der Waals surface area contributed by atoms with Crippen molar-refractivity contribution in [1.29, 1.82) is 5.41 Å². The fourth-order valence-electron chi connectivity index (χ4n) is 2.86. The third kappa shape index (κ3) is 4.28. The van der Waals surface area contributed by atoms with Gasteiger partial charge in [0.05, 0.1) is 11.4 Å². The zero-order chi connectivity index (χ0) is 20.1. The van der Waals surface area contributed by atoms with Gasteiger partial charge in [-0.15, -0.1) is 0 Å². The first kappa shape index (κ1) is 18.7. The summed E-state index contributed by atoms with van der Waals surface area (Å²) >= 11 is 6.37. The molecule has 29 heavy (non-hydrogen) atoms. The zero-order valence-corrected chi connectivity index (χ0v) is 16.1. The molecule has 0 saturated carbocycles. The Labute approximate surface area is 173 Å². The SMILES string of the molecule is N=C1O[C@H](c2ccccc2Cl)C(=NNc2ccccc2)/C1=N\Nc1ccccc1. The fourth-order valence-corrected chi connectivity index (χ4v) is 3.09. The smallest absolute Gasteiger partial charge is 0.237 e. The molecule has 1 saturated heterocycles. The van der Waals surface area contributed by atoms with E-state index in [1.54, 1.807) is 6.07 Å². The summed E-state index contributed by atoms with van der Waals surface area (Å²) in [5, 5.41) is 17.7. The summed E-state index contributed by atoms with van der Waals surface area (Å²) in [4.78, 5) is 0. The van der Waals surface area contributed by atoms with Crippen LogP contribution in [-0.4, -0.2) is 17.3 Å². The number of hydrazone groups is 2. The molecule has 3 aromatic rings. The zero-order valence-electron chi connectivity index (χ0n) is 15.3. The summed E-state index contributed by atoms with van der Waals surface area (Å²) in [6, 6.07) is 26.4. The van der Waals surface area contributed by atoms with E-state index in [2.05, 4.69) is 21.1 Å². The van der Waals surface area contributed by atoms with Crippen molar-refractivity contribution >= 4 is 40.3 Å². The molecule has 3 N–H and O–H groups in total. The molecule has 1 fully saturated rings. The highest BCUT2D eigenvalue weighted by Crippen LogP contribution is 2.32. The van der Waals surface area contributed by atoms with Gasteiger partial charge in [0.25, 0.3) is 0 Å². The fraction of sp³-hybridized carbons (Fsp3) is 0.0455. The van der Waals surface area contributed by atoms with Gasteiger partial charge in [0.15, 0.2) is 11.8 Å². The molecule has 6 nitrogen and oxygen atoms in total. The molecule has 0 amide bonds. The van der Waals surface area contributed by atoms with Crippen LogP contribution in [0.5, 0.6) is 0 Å². The molecular weight excluding hydrogens is 386 g/mol. The number of para-hydroxylation sites is 2. The predicted octanol–water partition coefficient (Wildman–Crippen LogP) is 5.32. The molecule has 1 aliphatic heterocycles.